The number of para-hydroxylation sites is 1. The number of hydrogen-bond donors (Lipinski definition) is 1. The van der Waals surface area contributed by atoms with Crippen molar-refractivity contribution in [1.82, 2.24) is 9.78 Å². The molecule has 0 spiro atoms. The van der Waals surface area contributed by atoms with E-state index < -0.39 is 0 Å². The molecule has 3 aromatic rings. The molecule has 0 atom stereocenters. The first-order valence-corrected chi connectivity index (χ1v) is 9.86. The quantitative estimate of drug-likeness (QED) is 0.664. The van der Waals surface area contributed by atoms with Crippen molar-refractivity contribution in [2.75, 3.05) is 5.32 Å². The number of carbonyl (C=O) groups excluding carboxylic acids is 1. The highest BCUT2D eigenvalue weighted by Crippen LogP contribution is 2.42. The monoisotopic (exact) mass is 365 g/mol. The Morgan fingerprint density at radius 2 is 1.96 bits per heavy atom. The minimum atomic E-state index is -0.154. The minimum Gasteiger partial charge on any atom is -0.320 e. The lowest BCUT2D eigenvalue weighted by Crippen LogP contribution is -2.25. The van der Waals surface area contributed by atoms with Crippen LogP contribution in [0.4, 0.5) is 5.69 Å². The van der Waals surface area contributed by atoms with E-state index in [4.69, 9.17) is 0 Å². The molecule has 0 aliphatic heterocycles. The van der Waals surface area contributed by atoms with E-state index in [0.29, 0.717) is 11.6 Å². The summed E-state index contributed by atoms with van der Waals surface area (Å²) >= 11 is 1.66. The Bertz CT molecular complexity index is 931. The van der Waals surface area contributed by atoms with Crippen LogP contribution in [0.25, 0.3) is 10.4 Å². The number of nitrogens with one attached hydrogen (secondary N) is 1. The molecule has 2 heterocycles. The first-order chi connectivity index (χ1) is 12.4. The summed E-state index contributed by atoms with van der Waals surface area (Å²) in [6, 6.07) is 14.0. The van der Waals surface area contributed by atoms with Crippen LogP contribution >= 0.6 is 11.3 Å². The van der Waals surface area contributed by atoms with Crippen LogP contribution < -0.4 is 5.32 Å². The second-order valence-corrected chi connectivity index (χ2v) is 8.74. The van der Waals surface area contributed by atoms with Crippen LogP contribution in [0, 0.1) is 0 Å². The largest absolute Gasteiger partial charge is 0.320 e. The van der Waals surface area contributed by atoms with Gasteiger partial charge in [-0.1, -0.05) is 24.3 Å². The fourth-order valence-corrected chi connectivity index (χ4v) is 3.90. The van der Waals surface area contributed by atoms with Gasteiger partial charge in [-0.25, -0.2) is 0 Å². The van der Waals surface area contributed by atoms with E-state index in [1.54, 1.807) is 11.3 Å². The fourth-order valence-electron chi connectivity index (χ4n) is 3.14. The number of carbonyl (C=O) groups is 1. The van der Waals surface area contributed by atoms with Gasteiger partial charge in [0, 0.05) is 27.7 Å². The van der Waals surface area contributed by atoms with Crippen LogP contribution in [0.15, 0.2) is 47.8 Å². The summed E-state index contributed by atoms with van der Waals surface area (Å²) in [6.45, 7) is 6.37. The Morgan fingerprint density at radius 3 is 2.62 bits per heavy atom. The SMILES string of the molecule is CC(C)(C)n1nc(C(=O)Nc2ccccc2-c2cccs2)cc1C1CC1. The van der Waals surface area contributed by atoms with Gasteiger partial charge in [0.05, 0.1) is 5.54 Å². The number of rotatable bonds is 4. The van der Waals surface area contributed by atoms with Gasteiger partial charge in [-0.2, -0.15) is 5.10 Å². The van der Waals surface area contributed by atoms with Crippen molar-refractivity contribution in [3.05, 3.63) is 59.2 Å². The number of thiophene rings is 1. The standard InChI is InChI=1S/C21H23N3OS/c1-21(2,3)24-18(14-10-11-14)13-17(23-24)20(25)22-16-8-5-4-7-15(16)19-9-6-12-26-19/h4-9,12-14H,10-11H2,1-3H3,(H,22,25). The minimum absolute atomic E-state index is 0.134. The molecule has 1 fully saturated rings. The summed E-state index contributed by atoms with van der Waals surface area (Å²) < 4.78 is 2.02. The smallest absolute Gasteiger partial charge is 0.276 e. The molecule has 1 amide bonds. The van der Waals surface area contributed by atoms with E-state index in [-0.39, 0.29) is 11.4 Å². The first-order valence-electron chi connectivity index (χ1n) is 8.98. The molecular weight excluding hydrogens is 342 g/mol. The van der Waals surface area contributed by atoms with Crippen molar-refractivity contribution < 1.29 is 4.79 Å². The molecule has 1 saturated carbocycles. The molecule has 4 nitrogen and oxygen atoms in total. The molecular formula is C21H23N3OS. The third-order valence-electron chi connectivity index (χ3n) is 4.56. The first kappa shape index (κ1) is 17.0. The number of anilines is 1. The summed E-state index contributed by atoms with van der Waals surface area (Å²) in [5.74, 6) is 0.389. The van der Waals surface area contributed by atoms with E-state index in [1.807, 2.05) is 46.5 Å². The predicted molar refractivity (Wildman–Crippen MR) is 107 cm³/mol. The zero-order valence-corrected chi connectivity index (χ0v) is 16.1. The number of aromatic nitrogens is 2. The maximum absolute atomic E-state index is 12.9. The van der Waals surface area contributed by atoms with Crippen LogP contribution in [-0.4, -0.2) is 15.7 Å². The second-order valence-electron chi connectivity index (χ2n) is 7.79. The molecule has 2 aromatic heterocycles. The lowest BCUT2D eigenvalue weighted by atomic mass is 10.1. The van der Waals surface area contributed by atoms with Crippen molar-refractivity contribution in [3.63, 3.8) is 0 Å². The molecule has 134 valence electrons. The second kappa shape index (κ2) is 6.40. The van der Waals surface area contributed by atoms with Crippen molar-refractivity contribution in [2.24, 2.45) is 0 Å². The fraction of sp³-hybridized carbons (Fsp3) is 0.333. The Labute approximate surface area is 157 Å². The van der Waals surface area contributed by atoms with Crippen LogP contribution in [0.1, 0.15) is 55.7 Å². The molecule has 26 heavy (non-hydrogen) atoms. The van der Waals surface area contributed by atoms with Gasteiger partial charge in [0.25, 0.3) is 5.91 Å². The topological polar surface area (TPSA) is 46.9 Å². The molecule has 0 radical (unpaired) electrons. The van der Waals surface area contributed by atoms with E-state index in [1.165, 1.54) is 18.5 Å². The highest BCUT2D eigenvalue weighted by molar-refractivity contribution is 7.13. The molecule has 5 heteroatoms. The zero-order chi connectivity index (χ0) is 18.3. The lowest BCUT2D eigenvalue weighted by molar-refractivity contribution is 0.102. The van der Waals surface area contributed by atoms with E-state index in [0.717, 1.165) is 16.1 Å². The Hall–Kier alpha value is -2.40. The summed E-state index contributed by atoms with van der Waals surface area (Å²) in [6.07, 6.45) is 2.37. The summed E-state index contributed by atoms with van der Waals surface area (Å²) in [7, 11) is 0. The molecule has 1 aromatic carbocycles. The van der Waals surface area contributed by atoms with Crippen molar-refractivity contribution in [3.8, 4) is 10.4 Å². The molecule has 4 rings (SSSR count). The van der Waals surface area contributed by atoms with Gasteiger partial charge in [0.1, 0.15) is 0 Å². The van der Waals surface area contributed by atoms with Gasteiger partial charge in [-0.15, -0.1) is 11.3 Å². The van der Waals surface area contributed by atoms with E-state index in [2.05, 4.69) is 37.3 Å². The van der Waals surface area contributed by atoms with Gasteiger partial charge >= 0.3 is 0 Å². The average Bonchev–Trinajstić information content (AvgIpc) is 3.12. The average molecular weight is 366 g/mol. The molecule has 0 unspecified atom stereocenters. The summed E-state index contributed by atoms with van der Waals surface area (Å²) in [5.41, 5.74) is 3.38. The molecule has 1 aliphatic rings. The van der Waals surface area contributed by atoms with Gasteiger partial charge in [0.2, 0.25) is 0 Å². The molecule has 1 aliphatic carbocycles. The predicted octanol–water partition coefficient (Wildman–Crippen LogP) is 5.50. The molecule has 1 N–H and O–H groups in total. The van der Waals surface area contributed by atoms with E-state index >= 15 is 0 Å². The van der Waals surface area contributed by atoms with Crippen molar-refractivity contribution >= 4 is 22.9 Å². The summed E-state index contributed by atoms with van der Waals surface area (Å²) in [5, 5.41) is 9.74. The summed E-state index contributed by atoms with van der Waals surface area (Å²) in [4.78, 5) is 14.0. The van der Waals surface area contributed by atoms with Gasteiger partial charge in [-0.3, -0.25) is 9.48 Å². The van der Waals surface area contributed by atoms with Gasteiger partial charge < -0.3 is 5.32 Å². The van der Waals surface area contributed by atoms with Gasteiger partial charge in [0.15, 0.2) is 5.69 Å². The maximum Gasteiger partial charge on any atom is 0.276 e. The molecule has 0 saturated heterocycles. The third-order valence-corrected chi connectivity index (χ3v) is 5.47. The number of amides is 1. The van der Waals surface area contributed by atoms with Crippen molar-refractivity contribution in [2.45, 2.75) is 45.1 Å². The Balaban J connectivity index is 1.64. The van der Waals surface area contributed by atoms with Gasteiger partial charge in [-0.05, 0) is 57.2 Å². The molecule has 0 bridgehead atoms. The zero-order valence-electron chi connectivity index (χ0n) is 15.3. The van der Waals surface area contributed by atoms with E-state index in [9.17, 15) is 4.79 Å². The number of benzene rings is 1. The normalized spacial score (nSPS) is 14.4. The number of nitrogens with zero attached hydrogens (tertiary/aromatic N) is 2. The Morgan fingerprint density at radius 1 is 1.19 bits per heavy atom. The Kier molecular flexibility index (Phi) is 4.19. The highest BCUT2D eigenvalue weighted by Gasteiger charge is 2.32. The van der Waals surface area contributed by atoms with Crippen LogP contribution in [0.5, 0.6) is 0 Å². The highest BCUT2D eigenvalue weighted by atomic mass is 32.1. The maximum atomic E-state index is 12.9. The van der Waals surface area contributed by atoms with Crippen molar-refractivity contribution in [1.29, 1.82) is 0 Å². The van der Waals surface area contributed by atoms with Crippen LogP contribution in [-0.2, 0) is 5.54 Å². The third kappa shape index (κ3) is 3.31. The lowest BCUT2D eigenvalue weighted by Gasteiger charge is -2.22. The van der Waals surface area contributed by atoms with Crippen LogP contribution in [0.2, 0.25) is 0 Å². The number of hydrogen-bond acceptors (Lipinski definition) is 3. The van der Waals surface area contributed by atoms with Crippen LogP contribution in [0.3, 0.4) is 0 Å².